The molecule has 1 heterocycles. The summed E-state index contributed by atoms with van der Waals surface area (Å²) in [6.45, 7) is 2.81. The lowest BCUT2D eigenvalue weighted by molar-refractivity contribution is -0.138. The Kier molecular flexibility index (Phi) is 2.48. The molecule has 2 unspecified atom stereocenters. The minimum absolute atomic E-state index is 0.106. The highest BCUT2D eigenvalue weighted by atomic mass is 32.3. The van der Waals surface area contributed by atoms with Crippen molar-refractivity contribution in [2.75, 3.05) is 18.8 Å². The predicted molar refractivity (Wildman–Crippen MR) is 52.2 cm³/mol. The molecule has 0 aromatic heterocycles. The van der Waals surface area contributed by atoms with Crippen molar-refractivity contribution in [1.29, 1.82) is 0 Å². The van der Waals surface area contributed by atoms with Gasteiger partial charge in [-0.2, -0.15) is 8.42 Å². The summed E-state index contributed by atoms with van der Waals surface area (Å²) >= 11 is 0. The fraction of sp³-hybridized carbons (Fsp3) is 0.889. The Morgan fingerprint density at radius 3 is 2.40 bits per heavy atom. The molecule has 2 fully saturated rings. The molecule has 0 radical (unpaired) electrons. The van der Waals surface area contributed by atoms with Gasteiger partial charge in [-0.1, -0.05) is 6.92 Å². The van der Waals surface area contributed by atoms with E-state index in [1.807, 2.05) is 6.92 Å². The van der Waals surface area contributed by atoms with Gasteiger partial charge in [0.15, 0.2) is 0 Å². The number of carbonyl (C=O) groups is 1. The SMILES string of the molecule is CC1CC1C(=O)N1CC(CS(=O)(=O)F)C1. The van der Waals surface area contributed by atoms with Crippen LogP contribution in [0.1, 0.15) is 13.3 Å². The third kappa shape index (κ3) is 2.48. The minimum Gasteiger partial charge on any atom is -0.342 e. The maximum Gasteiger partial charge on any atom is 0.302 e. The van der Waals surface area contributed by atoms with Gasteiger partial charge in [-0.05, 0) is 12.3 Å². The number of rotatable bonds is 3. The molecule has 15 heavy (non-hydrogen) atoms. The number of hydrogen-bond donors (Lipinski definition) is 0. The van der Waals surface area contributed by atoms with E-state index in [4.69, 9.17) is 0 Å². The number of nitrogens with zero attached hydrogens (tertiary/aromatic N) is 1. The zero-order valence-electron chi connectivity index (χ0n) is 8.52. The van der Waals surface area contributed by atoms with E-state index in [1.165, 1.54) is 0 Å². The van der Waals surface area contributed by atoms with Gasteiger partial charge in [-0.15, -0.1) is 3.89 Å². The molecule has 0 bridgehead atoms. The fourth-order valence-electron chi connectivity index (χ4n) is 2.04. The Hall–Kier alpha value is -0.650. The van der Waals surface area contributed by atoms with E-state index in [9.17, 15) is 17.1 Å². The molecule has 0 aromatic carbocycles. The molecule has 1 saturated heterocycles. The summed E-state index contributed by atoms with van der Waals surface area (Å²) in [5.74, 6) is 0.0409. The molecule has 6 heteroatoms. The Morgan fingerprint density at radius 2 is 2.00 bits per heavy atom. The van der Waals surface area contributed by atoms with Gasteiger partial charge in [-0.3, -0.25) is 4.79 Å². The number of amides is 1. The van der Waals surface area contributed by atoms with E-state index in [0.717, 1.165) is 6.42 Å². The first-order valence-corrected chi connectivity index (χ1v) is 6.63. The predicted octanol–water partition coefficient (Wildman–Crippen LogP) is 0.400. The van der Waals surface area contributed by atoms with E-state index in [1.54, 1.807) is 4.90 Å². The third-order valence-corrected chi connectivity index (χ3v) is 4.00. The van der Waals surface area contributed by atoms with E-state index in [-0.39, 0.29) is 17.7 Å². The van der Waals surface area contributed by atoms with Gasteiger partial charge in [0.2, 0.25) is 5.91 Å². The Bertz CT molecular complexity index is 375. The van der Waals surface area contributed by atoms with Crippen LogP contribution in [0, 0.1) is 17.8 Å². The van der Waals surface area contributed by atoms with Crippen LogP contribution in [-0.4, -0.2) is 38.1 Å². The van der Waals surface area contributed by atoms with Crippen molar-refractivity contribution < 1.29 is 17.1 Å². The molecule has 2 atom stereocenters. The van der Waals surface area contributed by atoms with Crippen molar-refractivity contribution in [3.63, 3.8) is 0 Å². The molecule has 4 nitrogen and oxygen atoms in total. The van der Waals surface area contributed by atoms with Crippen LogP contribution in [0.2, 0.25) is 0 Å². The van der Waals surface area contributed by atoms with Gasteiger partial charge in [0, 0.05) is 24.9 Å². The normalized spacial score (nSPS) is 31.2. The number of hydrogen-bond acceptors (Lipinski definition) is 3. The first-order chi connectivity index (χ1) is 6.87. The van der Waals surface area contributed by atoms with E-state index >= 15 is 0 Å². The Morgan fingerprint density at radius 1 is 1.47 bits per heavy atom. The van der Waals surface area contributed by atoms with Crippen LogP contribution in [-0.2, 0) is 15.0 Å². The first-order valence-electron chi connectivity index (χ1n) is 5.08. The minimum atomic E-state index is -4.39. The Labute approximate surface area is 88.7 Å². The third-order valence-electron chi connectivity index (χ3n) is 3.13. The van der Waals surface area contributed by atoms with E-state index in [2.05, 4.69) is 0 Å². The zero-order chi connectivity index (χ0) is 11.2. The van der Waals surface area contributed by atoms with E-state index in [0.29, 0.717) is 19.0 Å². The largest absolute Gasteiger partial charge is 0.342 e. The maximum atomic E-state index is 12.3. The molecule has 1 aliphatic carbocycles. The second-order valence-corrected chi connectivity index (χ2v) is 6.05. The molecule has 1 saturated carbocycles. The van der Waals surface area contributed by atoms with Crippen molar-refractivity contribution in [2.45, 2.75) is 13.3 Å². The lowest BCUT2D eigenvalue weighted by Gasteiger charge is -2.38. The summed E-state index contributed by atoms with van der Waals surface area (Å²) in [5.41, 5.74) is 0. The number of carbonyl (C=O) groups excluding carboxylic acids is 1. The Balaban J connectivity index is 1.76. The molecule has 0 spiro atoms. The van der Waals surface area contributed by atoms with Crippen LogP contribution in [0.15, 0.2) is 0 Å². The van der Waals surface area contributed by atoms with Crippen molar-refractivity contribution in [3.05, 3.63) is 0 Å². The van der Waals surface area contributed by atoms with Gasteiger partial charge in [0.1, 0.15) is 0 Å². The summed E-state index contributed by atoms with van der Waals surface area (Å²) < 4.78 is 33.0. The second-order valence-electron chi connectivity index (χ2n) is 4.63. The molecule has 0 N–H and O–H groups in total. The molecule has 86 valence electrons. The quantitative estimate of drug-likeness (QED) is 0.665. The standard InChI is InChI=1S/C9H14FNO3S/c1-6-2-8(6)9(12)11-3-7(4-11)5-15(10,13)14/h6-8H,2-5H2,1H3. The van der Waals surface area contributed by atoms with Crippen LogP contribution < -0.4 is 0 Å². The monoisotopic (exact) mass is 235 g/mol. The van der Waals surface area contributed by atoms with Gasteiger partial charge < -0.3 is 4.90 Å². The topological polar surface area (TPSA) is 54.5 Å². The van der Waals surface area contributed by atoms with Crippen LogP contribution in [0.4, 0.5) is 3.89 Å². The van der Waals surface area contributed by atoms with Gasteiger partial charge in [-0.25, -0.2) is 0 Å². The van der Waals surface area contributed by atoms with Crippen molar-refractivity contribution in [1.82, 2.24) is 4.90 Å². The summed E-state index contributed by atoms with van der Waals surface area (Å²) in [4.78, 5) is 13.2. The fourth-order valence-corrected chi connectivity index (χ4v) is 2.81. The summed E-state index contributed by atoms with van der Waals surface area (Å²) in [7, 11) is -4.39. The van der Waals surface area contributed by atoms with Gasteiger partial charge in [0.25, 0.3) is 0 Å². The maximum absolute atomic E-state index is 12.3. The molecule has 0 aromatic rings. The number of halogens is 1. The van der Waals surface area contributed by atoms with Gasteiger partial charge >= 0.3 is 10.2 Å². The van der Waals surface area contributed by atoms with Crippen molar-refractivity contribution in [3.8, 4) is 0 Å². The van der Waals surface area contributed by atoms with Crippen molar-refractivity contribution >= 4 is 16.1 Å². The van der Waals surface area contributed by atoms with Crippen LogP contribution in [0.25, 0.3) is 0 Å². The van der Waals surface area contributed by atoms with Crippen LogP contribution in [0.3, 0.4) is 0 Å². The molecular weight excluding hydrogens is 221 g/mol. The average Bonchev–Trinajstić information content (AvgIpc) is 2.71. The zero-order valence-corrected chi connectivity index (χ0v) is 9.34. The second kappa shape index (κ2) is 3.43. The van der Waals surface area contributed by atoms with Crippen LogP contribution >= 0.6 is 0 Å². The molecular formula is C9H14FNO3S. The summed E-state index contributed by atoms with van der Waals surface area (Å²) in [5, 5.41) is 0. The highest BCUT2D eigenvalue weighted by Gasteiger charge is 2.45. The highest BCUT2D eigenvalue weighted by Crippen LogP contribution is 2.40. The molecule has 2 rings (SSSR count). The first kappa shape index (κ1) is 10.9. The molecule has 2 aliphatic rings. The van der Waals surface area contributed by atoms with E-state index < -0.39 is 16.0 Å². The summed E-state index contributed by atoms with van der Waals surface area (Å²) in [6, 6.07) is 0. The van der Waals surface area contributed by atoms with Crippen LogP contribution in [0.5, 0.6) is 0 Å². The lowest BCUT2D eigenvalue weighted by atomic mass is 10.0. The van der Waals surface area contributed by atoms with Crippen molar-refractivity contribution in [2.24, 2.45) is 17.8 Å². The van der Waals surface area contributed by atoms with Gasteiger partial charge in [0.05, 0.1) is 5.75 Å². The molecule has 1 amide bonds. The highest BCUT2D eigenvalue weighted by molar-refractivity contribution is 7.86. The lowest BCUT2D eigenvalue weighted by Crippen LogP contribution is -2.52. The molecule has 1 aliphatic heterocycles. The smallest absolute Gasteiger partial charge is 0.302 e. The average molecular weight is 235 g/mol. The number of likely N-dealkylation sites (tertiary alicyclic amines) is 1. The summed E-state index contributed by atoms with van der Waals surface area (Å²) in [6.07, 6.45) is 0.932.